The van der Waals surface area contributed by atoms with E-state index in [1.54, 1.807) is 6.21 Å². The minimum Gasteiger partial charge on any atom is -0.234 e. The molecule has 0 spiro atoms. The molecule has 0 unspecified atom stereocenters. The van der Waals surface area contributed by atoms with Gasteiger partial charge in [-0.05, 0) is 51.3 Å². The first-order valence-electron chi connectivity index (χ1n) is 5.34. The molecule has 0 radical (unpaired) electrons. The second-order valence-electron chi connectivity index (χ2n) is 4.89. The van der Waals surface area contributed by atoms with Crippen LogP contribution in [0.1, 0.15) is 37.5 Å². The van der Waals surface area contributed by atoms with E-state index in [1.165, 1.54) is 11.1 Å². The van der Waals surface area contributed by atoms with Gasteiger partial charge in [0.15, 0.2) is 0 Å². The topological polar surface area (TPSA) is 29.4 Å². The number of rotatable bonds is 2. The Morgan fingerprint density at radius 3 is 2.44 bits per heavy atom. The van der Waals surface area contributed by atoms with Gasteiger partial charge in [0.05, 0.1) is 4.75 Å². The van der Waals surface area contributed by atoms with Crippen molar-refractivity contribution < 1.29 is 4.21 Å². The summed E-state index contributed by atoms with van der Waals surface area (Å²) >= 11 is 0. The first-order valence-corrected chi connectivity index (χ1v) is 6.45. The zero-order chi connectivity index (χ0) is 12.3. The second kappa shape index (κ2) is 4.91. The summed E-state index contributed by atoms with van der Waals surface area (Å²) in [7, 11) is -1.18. The maximum Gasteiger partial charge on any atom is 0.144 e. The van der Waals surface area contributed by atoms with E-state index in [9.17, 15) is 4.21 Å². The molecule has 1 rings (SSSR count). The Morgan fingerprint density at radius 2 is 1.88 bits per heavy atom. The van der Waals surface area contributed by atoms with Crippen LogP contribution in [0.15, 0.2) is 22.6 Å². The van der Waals surface area contributed by atoms with Crippen molar-refractivity contribution in [3.63, 3.8) is 0 Å². The Kier molecular flexibility index (Phi) is 4.03. The lowest BCUT2D eigenvalue weighted by molar-refractivity contribution is 0.651. The Morgan fingerprint density at radius 1 is 1.25 bits per heavy atom. The van der Waals surface area contributed by atoms with E-state index in [1.807, 2.05) is 32.9 Å². The highest BCUT2D eigenvalue weighted by atomic mass is 32.2. The lowest BCUT2D eigenvalue weighted by Crippen LogP contribution is -2.19. The zero-order valence-corrected chi connectivity index (χ0v) is 11.4. The quantitative estimate of drug-likeness (QED) is 0.726. The number of hydrogen-bond acceptors (Lipinski definition) is 1. The third-order valence-corrected chi connectivity index (χ3v) is 3.80. The first kappa shape index (κ1) is 13.1. The summed E-state index contributed by atoms with van der Waals surface area (Å²) < 4.78 is 15.6. The normalized spacial score (nSPS) is 14.3. The van der Waals surface area contributed by atoms with Crippen molar-refractivity contribution in [2.75, 3.05) is 0 Å². The molecule has 0 saturated heterocycles. The van der Waals surface area contributed by atoms with Crippen LogP contribution in [0.2, 0.25) is 0 Å². The summed E-state index contributed by atoms with van der Waals surface area (Å²) in [6.07, 6.45) is 1.71. The standard InChI is InChI=1S/C13H19NOS/c1-10-7-6-8-12(11(10)2)9-14-16(15)13(3,4)5/h6-9H,1-5H3/t16-/m1/s1. The molecule has 88 valence electrons. The molecular weight excluding hydrogens is 218 g/mol. The average Bonchev–Trinajstić information content (AvgIpc) is 2.18. The van der Waals surface area contributed by atoms with Gasteiger partial charge in [-0.15, -0.1) is 0 Å². The van der Waals surface area contributed by atoms with Gasteiger partial charge in [-0.25, -0.2) is 4.21 Å². The van der Waals surface area contributed by atoms with Crippen molar-refractivity contribution in [1.29, 1.82) is 0 Å². The molecule has 1 aromatic rings. The molecule has 0 amide bonds. The van der Waals surface area contributed by atoms with Crippen molar-refractivity contribution >= 4 is 17.2 Å². The third-order valence-electron chi connectivity index (χ3n) is 2.46. The monoisotopic (exact) mass is 237 g/mol. The summed E-state index contributed by atoms with van der Waals surface area (Å²) in [5.74, 6) is 0. The molecular formula is C13H19NOS. The second-order valence-corrected chi connectivity index (χ2v) is 6.82. The zero-order valence-electron chi connectivity index (χ0n) is 10.6. The van der Waals surface area contributed by atoms with Crippen LogP contribution in [-0.2, 0) is 11.0 Å². The summed E-state index contributed by atoms with van der Waals surface area (Å²) in [5, 5.41) is 0. The highest BCUT2D eigenvalue weighted by Crippen LogP contribution is 2.14. The highest BCUT2D eigenvalue weighted by molar-refractivity contribution is 7.85. The van der Waals surface area contributed by atoms with Gasteiger partial charge in [-0.2, -0.15) is 4.40 Å². The molecule has 0 saturated carbocycles. The minimum absolute atomic E-state index is 0.297. The van der Waals surface area contributed by atoms with Crippen molar-refractivity contribution in [3.05, 3.63) is 34.9 Å². The Balaban J connectivity index is 2.94. The molecule has 0 bridgehead atoms. The van der Waals surface area contributed by atoms with Gasteiger partial charge in [-0.1, -0.05) is 18.2 Å². The van der Waals surface area contributed by atoms with Gasteiger partial charge in [0.1, 0.15) is 11.0 Å². The third kappa shape index (κ3) is 3.27. The molecule has 0 aromatic heterocycles. The molecule has 1 aromatic carbocycles. The summed E-state index contributed by atoms with van der Waals surface area (Å²) in [6.45, 7) is 9.88. The van der Waals surface area contributed by atoms with Crippen LogP contribution < -0.4 is 0 Å². The van der Waals surface area contributed by atoms with Crippen LogP contribution in [0.4, 0.5) is 0 Å². The van der Waals surface area contributed by atoms with Crippen molar-refractivity contribution in [1.82, 2.24) is 0 Å². The van der Waals surface area contributed by atoms with Gasteiger partial charge in [-0.3, -0.25) is 0 Å². The molecule has 0 aliphatic heterocycles. The van der Waals surface area contributed by atoms with Gasteiger partial charge < -0.3 is 0 Å². The lowest BCUT2D eigenvalue weighted by Gasteiger charge is -2.13. The van der Waals surface area contributed by atoms with E-state index >= 15 is 0 Å². The molecule has 0 heterocycles. The Bertz CT molecular complexity index is 430. The van der Waals surface area contributed by atoms with Crippen molar-refractivity contribution in [3.8, 4) is 0 Å². The van der Waals surface area contributed by atoms with Crippen LogP contribution in [0.25, 0.3) is 0 Å². The summed E-state index contributed by atoms with van der Waals surface area (Å²) in [4.78, 5) is 0. The van der Waals surface area contributed by atoms with Crippen molar-refractivity contribution in [2.45, 2.75) is 39.4 Å². The largest absolute Gasteiger partial charge is 0.234 e. The fourth-order valence-corrected chi connectivity index (χ4v) is 1.70. The summed E-state index contributed by atoms with van der Waals surface area (Å²) in [6, 6.07) is 6.04. The number of benzene rings is 1. The van der Waals surface area contributed by atoms with Gasteiger partial charge >= 0.3 is 0 Å². The fraction of sp³-hybridized carbons (Fsp3) is 0.462. The number of aryl methyl sites for hydroxylation is 1. The van der Waals surface area contributed by atoms with E-state index < -0.39 is 11.0 Å². The van der Waals surface area contributed by atoms with E-state index in [0.717, 1.165) is 5.56 Å². The maximum atomic E-state index is 11.7. The minimum atomic E-state index is -1.18. The van der Waals surface area contributed by atoms with Crippen molar-refractivity contribution in [2.24, 2.45) is 4.40 Å². The van der Waals surface area contributed by atoms with E-state index in [4.69, 9.17) is 0 Å². The fourth-order valence-electron chi connectivity index (χ4n) is 1.18. The molecule has 1 atom stereocenters. The summed E-state index contributed by atoms with van der Waals surface area (Å²) in [5.41, 5.74) is 3.46. The SMILES string of the molecule is Cc1cccc(C=N[S@](=O)C(C)(C)C)c1C. The van der Waals surface area contributed by atoms with Crippen LogP contribution >= 0.6 is 0 Å². The molecule has 3 heteroatoms. The Labute approximate surface area is 100 Å². The van der Waals surface area contributed by atoms with Crippen LogP contribution in [0, 0.1) is 13.8 Å². The first-order chi connectivity index (χ1) is 7.32. The van der Waals surface area contributed by atoms with Crippen LogP contribution in [-0.4, -0.2) is 15.2 Å². The Hall–Kier alpha value is -0.960. The molecule has 16 heavy (non-hydrogen) atoms. The molecule has 2 nitrogen and oxygen atoms in total. The predicted octanol–water partition coefficient (Wildman–Crippen LogP) is 3.18. The number of nitrogens with zero attached hydrogens (tertiary/aromatic N) is 1. The lowest BCUT2D eigenvalue weighted by atomic mass is 10.0. The van der Waals surface area contributed by atoms with Crippen LogP contribution in [0.3, 0.4) is 0 Å². The van der Waals surface area contributed by atoms with E-state index in [0.29, 0.717) is 0 Å². The highest BCUT2D eigenvalue weighted by Gasteiger charge is 2.18. The molecule has 0 fully saturated rings. The number of hydrogen-bond donors (Lipinski definition) is 0. The molecule has 0 aliphatic carbocycles. The van der Waals surface area contributed by atoms with Gasteiger partial charge in [0.25, 0.3) is 0 Å². The van der Waals surface area contributed by atoms with Crippen LogP contribution in [0.5, 0.6) is 0 Å². The van der Waals surface area contributed by atoms with Gasteiger partial charge in [0, 0.05) is 6.21 Å². The molecule has 0 N–H and O–H groups in total. The van der Waals surface area contributed by atoms with Gasteiger partial charge in [0.2, 0.25) is 0 Å². The average molecular weight is 237 g/mol. The van der Waals surface area contributed by atoms with E-state index in [-0.39, 0.29) is 4.75 Å². The van der Waals surface area contributed by atoms with E-state index in [2.05, 4.69) is 24.3 Å². The maximum absolute atomic E-state index is 11.7. The predicted molar refractivity (Wildman–Crippen MR) is 71.4 cm³/mol. The smallest absolute Gasteiger partial charge is 0.144 e. The molecule has 0 aliphatic rings.